The van der Waals surface area contributed by atoms with Gasteiger partial charge in [0.15, 0.2) is 6.10 Å². The lowest BCUT2D eigenvalue weighted by Gasteiger charge is -2.37. The van der Waals surface area contributed by atoms with Gasteiger partial charge < -0.3 is 30.7 Å². The normalized spacial score (nSPS) is 15.7. The van der Waals surface area contributed by atoms with Crippen molar-refractivity contribution in [2.75, 3.05) is 14.1 Å². The minimum absolute atomic E-state index is 0.0200. The Morgan fingerprint density at radius 1 is 0.940 bits per heavy atom. The summed E-state index contributed by atoms with van der Waals surface area (Å²) >= 11 is 1.17. The van der Waals surface area contributed by atoms with E-state index in [1.54, 1.807) is 31.3 Å². The van der Waals surface area contributed by atoms with Crippen LogP contribution < -0.4 is 16.0 Å². The third-order valence-corrected chi connectivity index (χ3v) is 10.1. The number of aliphatic carboxylic acids is 1. The molecule has 3 unspecified atom stereocenters. The van der Waals surface area contributed by atoms with E-state index in [1.807, 2.05) is 71.9 Å². The summed E-state index contributed by atoms with van der Waals surface area (Å²) in [6.07, 6.45) is 0.709. The summed E-state index contributed by atoms with van der Waals surface area (Å²) < 4.78 is 5.74. The number of carboxylic acid groups (broad SMARTS) is 1. The first kappa shape index (κ1) is 42.3. The Balaban J connectivity index is 2.33. The minimum Gasteiger partial charge on any atom is -0.481 e. The Morgan fingerprint density at radius 2 is 1.58 bits per heavy atom. The number of carbonyl (C=O) groups is 5. The lowest BCUT2D eigenvalue weighted by molar-refractivity contribution is -0.149. The summed E-state index contributed by atoms with van der Waals surface area (Å²) in [6, 6.07) is 7.42. The highest BCUT2D eigenvalue weighted by Crippen LogP contribution is 2.31. The number of aromatic nitrogens is 1. The van der Waals surface area contributed by atoms with Crippen molar-refractivity contribution in [3.8, 4) is 0 Å². The molecule has 4 N–H and O–H groups in total. The van der Waals surface area contributed by atoms with Crippen LogP contribution in [0.15, 0.2) is 35.7 Å². The van der Waals surface area contributed by atoms with Crippen LogP contribution in [-0.2, 0) is 30.3 Å². The molecule has 0 aliphatic carbocycles. The average Bonchev–Trinajstić information content (AvgIpc) is 3.55. The maximum Gasteiger partial charge on any atom is 0.306 e. The zero-order valence-corrected chi connectivity index (χ0v) is 32.0. The second-order valence-electron chi connectivity index (χ2n) is 13.9. The molecule has 278 valence electrons. The van der Waals surface area contributed by atoms with Gasteiger partial charge in [0.25, 0.3) is 5.91 Å². The third-order valence-electron chi connectivity index (χ3n) is 9.17. The van der Waals surface area contributed by atoms with Crippen molar-refractivity contribution in [3.63, 3.8) is 0 Å². The Kier molecular flexibility index (Phi) is 17.0. The number of hydrogen-bond acceptors (Lipinski definition) is 9. The second kappa shape index (κ2) is 20.1. The van der Waals surface area contributed by atoms with Crippen molar-refractivity contribution in [2.24, 2.45) is 23.7 Å². The molecule has 12 nitrogen and oxygen atoms in total. The number of ether oxygens (including phenoxy) is 1. The van der Waals surface area contributed by atoms with Gasteiger partial charge in [0.1, 0.15) is 16.7 Å². The van der Waals surface area contributed by atoms with Gasteiger partial charge in [-0.3, -0.25) is 24.0 Å². The van der Waals surface area contributed by atoms with Gasteiger partial charge in [-0.15, -0.1) is 11.3 Å². The van der Waals surface area contributed by atoms with Crippen LogP contribution >= 0.6 is 11.3 Å². The van der Waals surface area contributed by atoms with E-state index in [0.717, 1.165) is 5.56 Å². The van der Waals surface area contributed by atoms with Gasteiger partial charge in [0, 0.05) is 37.9 Å². The number of carbonyl (C=O) groups excluding carboxylic acids is 4. The Hall–Kier alpha value is -3.84. The van der Waals surface area contributed by atoms with Crippen LogP contribution in [0.1, 0.15) is 102 Å². The summed E-state index contributed by atoms with van der Waals surface area (Å²) in [6.45, 7) is 14.6. The van der Waals surface area contributed by atoms with Crippen molar-refractivity contribution >= 4 is 41.0 Å². The van der Waals surface area contributed by atoms with Crippen molar-refractivity contribution < 1.29 is 33.8 Å². The van der Waals surface area contributed by atoms with Crippen LogP contribution in [0, 0.1) is 23.7 Å². The number of carboxylic acids is 1. The number of likely N-dealkylation sites (N-methyl/N-ethyl adjacent to an activating group) is 2. The van der Waals surface area contributed by atoms with E-state index < -0.39 is 54.0 Å². The molecular weight excluding hydrogens is 659 g/mol. The highest BCUT2D eigenvalue weighted by Gasteiger charge is 2.36. The Labute approximate surface area is 301 Å². The largest absolute Gasteiger partial charge is 0.481 e. The molecule has 0 fully saturated rings. The Bertz CT molecular complexity index is 1420. The monoisotopic (exact) mass is 715 g/mol. The third kappa shape index (κ3) is 12.5. The van der Waals surface area contributed by atoms with Crippen molar-refractivity contribution in [1.82, 2.24) is 25.8 Å². The molecule has 3 amide bonds. The molecule has 1 heterocycles. The van der Waals surface area contributed by atoms with Crippen LogP contribution in [0.2, 0.25) is 0 Å². The van der Waals surface area contributed by atoms with Gasteiger partial charge in [0.05, 0.1) is 12.0 Å². The first-order valence-corrected chi connectivity index (χ1v) is 18.3. The topological polar surface area (TPSA) is 167 Å². The van der Waals surface area contributed by atoms with Gasteiger partial charge in [-0.1, -0.05) is 85.2 Å². The predicted molar refractivity (Wildman–Crippen MR) is 195 cm³/mol. The fourth-order valence-corrected chi connectivity index (χ4v) is 6.83. The van der Waals surface area contributed by atoms with E-state index in [4.69, 9.17) is 4.74 Å². The summed E-state index contributed by atoms with van der Waals surface area (Å²) in [7, 11) is 3.42. The second-order valence-corrected chi connectivity index (χ2v) is 14.8. The summed E-state index contributed by atoms with van der Waals surface area (Å²) in [5, 5.41) is 20.5. The molecule has 0 saturated carbocycles. The van der Waals surface area contributed by atoms with Crippen LogP contribution in [0.4, 0.5) is 0 Å². The van der Waals surface area contributed by atoms with Crippen LogP contribution in [0.5, 0.6) is 0 Å². The smallest absolute Gasteiger partial charge is 0.306 e. The molecule has 7 atom stereocenters. The zero-order valence-electron chi connectivity index (χ0n) is 31.2. The van der Waals surface area contributed by atoms with Crippen molar-refractivity contribution in [1.29, 1.82) is 0 Å². The molecule has 50 heavy (non-hydrogen) atoms. The van der Waals surface area contributed by atoms with E-state index >= 15 is 0 Å². The molecule has 1 aromatic heterocycles. The number of nitrogens with one attached hydrogen (secondary N) is 3. The number of amides is 3. The summed E-state index contributed by atoms with van der Waals surface area (Å²) in [5.41, 5.74) is 1.08. The van der Waals surface area contributed by atoms with Gasteiger partial charge in [-0.2, -0.15) is 0 Å². The van der Waals surface area contributed by atoms with E-state index in [2.05, 4.69) is 20.9 Å². The number of nitrogens with zero attached hydrogens (tertiary/aromatic N) is 2. The van der Waals surface area contributed by atoms with Gasteiger partial charge in [0.2, 0.25) is 11.8 Å². The fraction of sp³-hybridized carbons (Fsp3) is 0.622. The Morgan fingerprint density at radius 3 is 2.10 bits per heavy atom. The summed E-state index contributed by atoms with van der Waals surface area (Å²) in [5.74, 6) is -3.29. The quantitative estimate of drug-likeness (QED) is 0.140. The molecule has 13 heteroatoms. The van der Waals surface area contributed by atoms with E-state index in [1.165, 1.54) is 18.3 Å². The molecule has 0 radical (unpaired) electrons. The lowest BCUT2D eigenvalue weighted by atomic mass is 9.92. The number of benzene rings is 1. The number of rotatable bonds is 20. The molecule has 0 saturated heterocycles. The molecule has 0 bridgehead atoms. The van der Waals surface area contributed by atoms with Gasteiger partial charge >= 0.3 is 11.9 Å². The van der Waals surface area contributed by atoms with Gasteiger partial charge in [-0.25, -0.2) is 4.98 Å². The highest BCUT2D eigenvalue weighted by atomic mass is 32.1. The maximum atomic E-state index is 14.1. The number of esters is 1. The van der Waals surface area contributed by atoms with Gasteiger partial charge in [-0.05, 0) is 43.2 Å². The molecule has 2 aromatic rings. The molecule has 1 aromatic carbocycles. The standard InChI is InChI=1S/C37H57N5O7S/c1-11-23(6)32(41-34(45)31(38-9)22(4)5)36(46)42(10)29(21(2)3)19-30(49-25(8)43)35-40-28(20-50-35)33(44)39-27(17-24(7)37(47)48)18-26-15-13-12-14-16-26/h12-16,20-24,27,29-32,38H,11,17-19H2,1-10H3,(H,39,44)(H,41,45)(H,47,48)/t23-,24?,27+,29?,30+,31?,32-/m0/s1. The van der Waals surface area contributed by atoms with E-state index in [0.29, 0.717) is 17.8 Å². The molecule has 2 rings (SSSR count). The van der Waals surface area contributed by atoms with Crippen molar-refractivity contribution in [3.05, 3.63) is 52.0 Å². The van der Waals surface area contributed by atoms with Crippen LogP contribution in [-0.4, -0.2) is 82.9 Å². The molecule has 0 aliphatic heterocycles. The van der Waals surface area contributed by atoms with Crippen molar-refractivity contribution in [2.45, 2.75) is 111 Å². The average molecular weight is 716 g/mol. The molecular formula is C37H57N5O7S. The lowest BCUT2D eigenvalue weighted by Crippen LogP contribution is -2.57. The van der Waals surface area contributed by atoms with E-state index in [-0.39, 0.29) is 48.1 Å². The van der Waals surface area contributed by atoms with Crippen LogP contribution in [0.3, 0.4) is 0 Å². The summed E-state index contributed by atoms with van der Waals surface area (Å²) in [4.78, 5) is 70.8. The minimum atomic E-state index is -0.948. The first-order chi connectivity index (χ1) is 23.5. The fourth-order valence-electron chi connectivity index (χ4n) is 5.99. The maximum absolute atomic E-state index is 14.1. The SMILES string of the molecule is CC[C@H](C)[C@H](NC(=O)C(NC)C(C)C)C(=O)N(C)C(C[C@@H](OC(C)=O)c1nc(C(=O)N[C@@H](Cc2ccccc2)CC(C)C(=O)O)cs1)C(C)C. The molecule has 0 spiro atoms. The van der Waals surface area contributed by atoms with E-state index in [9.17, 15) is 29.1 Å². The zero-order chi connectivity index (χ0) is 37.7. The number of thiazole rings is 1. The highest BCUT2D eigenvalue weighted by molar-refractivity contribution is 7.09. The number of hydrogen-bond donors (Lipinski definition) is 4. The first-order valence-electron chi connectivity index (χ1n) is 17.4. The predicted octanol–water partition coefficient (Wildman–Crippen LogP) is 4.85. The van der Waals surface area contributed by atoms with Crippen LogP contribution in [0.25, 0.3) is 0 Å². The molecule has 0 aliphatic rings.